The second kappa shape index (κ2) is 12.2. The van der Waals surface area contributed by atoms with Crippen molar-refractivity contribution in [2.45, 2.75) is 79.1 Å². The normalized spacial score (nSPS) is 13.9. The molecule has 3 aromatic carbocycles. The van der Waals surface area contributed by atoms with Gasteiger partial charge >= 0.3 is 5.63 Å². The Morgan fingerprint density at radius 3 is 1.82 bits per heavy atom. The fourth-order valence-corrected chi connectivity index (χ4v) is 6.61. The van der Waals surface area contributed by atoms with Crippen LogP contribution in [-0.2, 0) is 0 Å². The molecular formula is C38H45N5O2. The van der Waals surface area contributed by atoms with Crippen LogP contribution in [0, 0.1) is 0 Å². The van der Waals surface area contributed by atoms with Crippen LogP contribution in [0.3, 0.4) is 0 Å². The SMILES string of the molecule is CC(C)c1cccc(C(C)C)c1N1CCN(c2c(C(C)C)cc(-n3cc(-c4ccc5ccc(=O)oc5c4)nn3)cc2C(C)C)C1. The van der Waals surface area contributed by atoms with Crippen molar-refractivity contribution in [3.63, 3.8) is 0 Å². The van der Waals surface area contributed by atoms with Gasteiger partial charge in [0.05, 0.1) is 18.6 Å². The summed E-state index contributed by atoms with van der Waals surface area (Å²) in [7, 11) is 0. The molecule has 0 aliphatic carbocycles. The molecular weight excluding hydrogens is 558 g/mol. The Kier molecular flexibility index (Phi) is 8.29. The molecule has 1 saturated heterocycles. The standard InChI is InChI=1S/C38H45N5O2/c1-23(2)30-10-9-11-31(24(3)4)37(30)41-16-17-42(22-41)38-32(25(5)6)19-29(20-33(38)26(7)8)43-21-34(39-40-43)28-13-12-27-14-15-36(44)45-35(27)18-28/h9-15,18-21,23-26H,16-17,22H2,1-8H3. The molecule has 0 radical (unpaired) electrons. The molecule has 0 unspecified atom stereocenters. The van der Waals surface area contributed by atoms with Gasteiger partial charge in [-0.2, -0.15) is 0 Å². The number of aromatic nitrogens is 3. The number of benzene rings is 3. The van der Waals surface area contributed by atoms with Gasteiger partial charge < -0.3 is 14.2 Å². The zero-order chi connectivity index (χ0) is 32.0. The number of rotatable bonds is 8. The zero-order valence-corrected chi connectivity index (χ0v) is 27.8. The van der Waals surface area contributed by atoms with Gasteiger partial charge in [0.1, 0.15) is 11.3 Å². The number of hydrogen-bond acceptors (Lipinski definition) is 6. The summed E-state index contributed by atoms with van der Waals surface area (Å²) in [6.07, 6.45) is 1.96. The van der Waals surface area contributed by atoms with E-state index in [0.29, 0.717) is 29.3 Å². The monoisotopic (exact) mass is 603 g/mol. The van der Waals surface area contributed by atoms with Crippen LogP contribution in [0.25, 0.3) is 27.9 Å². The van der Waals surface area contributed by atoms with Crippen molar-refractivity contribution < 1.29 is 4.42 Å². The molecule has 6 rings (SSSR count). The molecule has 0 N–H and O–H groups in total. The van der Waals surface area contributed by atoms with Crippen LogP contribution in [0.15, 0.2) is 76.1 Å². The molecule has 1 aliphatic heterocycles. The van der Waals surface area contributed by atoms with Gasteiger partial charge in [-0.05, 0) is 70.2 Å². The average Bonchev–Trinajstić information content (AvgIpc) is 3.70. The Hall–Kier alpha value is -4.39. The van der Waals surface area contributed by atoms with Crippen molar-refractivity contribution in [2.24, 2.45) is 0 Å². The van der Waals surface area contributed by atoms with Crippen LogP contribution in [-0.4, -0.2) is 34.8 Å². The van der Waals surface area contributed by atoms with Crippen molar-refractivity contribution in [3.8, 4) is 16.9 Å². The lowest BCUT2D eigenvalue weighted by molar-refractivity contribution is 0.561. The smallest absolute Gasteiger partial charge is 0.336 e. The summed E-state index contributed by atoms with van der Waals surface area (Å²) < 4.78 is 7.28. The second-order valence-electron chi connectivity index (χ2n) is 13.6. The molecule has 1 fully saturated rings. The molecule has 7 heteroatoms. The summed E-state index contributed by atoms with van der Waals surface area (Å²) in [5.41, 5.74) is 11.0. The number of hydrogen-bond donors (Lipinski definition) is 0. The Morgan fingerprint density at radius 2 is 1.24 bits per heavy atom. The van der Waals surface area contributed by atoms with Crippen LogP contribution in [0.2, 0.25) is 0 Å². The van der Waals surface area contributed by atoms with Gasteiger partial charge in [-0.3, -0.25) is 0 Å². The van der Waals surface area contributed by atoms with E-state index in [2.05, 4.69) is 106 Å². The van der Waals surface area contributed by atoms with E-state index in [0.717, 1.165) is 42.1 Å². The number of fused-ring (bicyclic) bond motifs is 1. The lowest BCUT2D eigenvalue weighted by atomic mass is 9.91. The fraction of sp³-hybridized carbons (Fsp3) is 0.395. The molecule has 5 aromatic rings. The molecule has 0 atom stereocenters. The van der Waals surface area contributed by atoms with Crippen molar-refractivity contribution >= 4 is 22.3 Å². The molecule has 7 nitrogen and oxygen atoms in total. The Balaban J connectivity index is 1.38. The van der Waals surface area contributed by atoms with E-state index in [4.69, 9.17) is 4.42 Å². The first-order valence-corrected chi connectivity index (χ1v) is 16.3. The summed E-state index contributed by atoms with van der Waals surface area (Å²) in [5.74, 6) is 1.58. The molecule has 45 heavy (non-hydrogen) atoms. The van der Waals surface area contributed by atoms with E-state index in [-0.39, 0.29) is 5.63 Å². The van der Waals surface area contributed by atoms with E-state index >= 15 is 0 Å². The highest BCUT2D eigenvalue weighted by Crippen LogP contribution is 2.41. The van der Waals surface area contributed by atoms with Crippen molar-refractivity contribution in [1.82, 2.24) is 15.0 Å². The maximum atomic E-state index is 11.8. The predicted octanol–water partition coefficient (Wildman–Crippen LogP) is 8.82. The van der Waals surface area contributed by atoms with E-state index in [1.807, 2.05) is 29.1 Å². The molecule has 1 aliphatic rings. The Labute approximate surface area is 266 Å². The average molecular weight is 604 g/mol. The molecule has 234 valence electrons. The first-order valence-electron chi connectivity index (χ1n) is 16.3. The molecule has 0 saturated carbocycles. The van der Waals surface area contributed by atoms with Gasteiger partial charge in [0.25, 0.3) is 0 Å². The van der Waals surface area contributed by atoms with Crippen LogP contribution in [0.5, 0.6) is 0 Å². The first-order chi connectivity index (χ1) is 21.5. The predicted molar refractivity (Wildman–Crippen MR) is 185 cm³/mol. The van der Waals surface area contributed by atoms with Crippen molar-refractivity contribution in [3.05, 3.63) is 99.5 Å². The summed E-state index contributed by atoms with van der Waals surface area (Å²) in [6.45, 7) is 21.2. The first kappa shape index (κ1) is 30.6. The maximum Gasteiger partial charge on any atom is 0.336 e. The van der Waals surface area contributed by atoms with Crippen molar-refractivity contribution in [2.75, 3.05) is 29.6 Å². The van der Waals surface area contributed by atoms with Gasteiger partial charge in [0.2, 0.25) is 0 Å². The van der Waals surface area contributed by atoms with Gasteiger partial charge in [0, 0.05) is 41.5 Å². The third kappa shape index (κ3) is 5.88. The minimum atomic E-state index is -0.364. The Morgan fingerprint density at radius 1 is 0.689 bits per heavy atom. The third-order valence-electron chi connectivity index (χ3n) is 9.03. The maximum absolute atomic E-state index is 11.8. The summed E-state index contributed by atoms with van der Waals surface area (Å²) in [5, 5.41) is 9.92. The molecule has 2 aromatic heterocycles. The topological polar surface area (TPSA) is 67.4 Å². The van der Waals surface area contributed by atoms with Crippen LogP contribution in [0.4, 0.5) is 11.4 Å². The number of para-hydroxylation sites is 1. The highest BCUT2D eigenvalue weighted by molar-refractivity contribution is 5.81. The summed E-state index contributed by atoms with van der Waals surface area (Å²) >= 11 is 0. The molecule has 0 amide bonds. The van der Waals surface area contributed by atoms with Gasteiger partial charge in [0.15, 0.2) is 0 Å². The molecule has 0 bridgehead atoms. The lowest BCUT2D eigenvalue weighted by Gasteiger charge is -2.31. The van der Waals surface area contributed by atoms with E-state index in [1.165, 1.54) is 39.7 Å². The summed E-state index contributed by atoms with van der Waals surface area (Å²) in [6, 6.07) is 20.4. The highest BCUT2D eigenvalue weighted by Gasteiger charge is 2.30. The molecule has 3 heterocycles. The molecule has 0 spiro atoms. The Bertz CT molecular complexity index is 1840. The van der Waals surface area contributed by atoms with E-state index < -0.39 is 0 Å². The summed E-state index contributed by atoms with van der Waals surface area (Å²) in [4.78, 5) is 17.0. The van der Waals surface area contributed by atoms with Gasteiger partial charge in [-0.25, -0.2) is 9.48 Å². The van der Waals surface area contributed by atoms with E-state index in [1.54, 1.807) is 6.07 Å². The van der Waals surface area contributed by atoms with E-state index in [9.17, 15) is 4.79 Å². The second-order valence-corrected chi connectivity index (χ2v) is 13.6. The van der Waals surface area contributed by atoms with Crippen LogP contribution < -0.4 is 15.4 Å². The fourth-order valence-electron chi connectivity index (χ4n) is 6.61. The largest absolute Gasteiger partial charge is 0.423 e. The number of anilines is 2. The third-order valence-corrected chi connectivity index (χ3v) is 9.03. The minimum Gasteiger partial charge on any atom is -0.423 e. The van der Waals surface area contributed by atoms with Crippen LogP contribution >= 0.6 is 0 Å². The van der Waals surface area contributed by atoms with Gasteiger partial charge in [-0.15, -0.1) is 5.10 Å². The lowest BCUT2D eigenvalue weighted by Crippen LogP contribution is -2.28. The zero-order valence-electron chi connectivity index (χ0n) is 27.8. The van der Waals surface area contributed by atoms with Crippen molar-refractivity contribution in [1.29, 1.82) is 0 Å². The highest BCUT2D eigenvalue weighted by atomic mass is 16.4. The number of nitrogens with zero attached hydrogens (tertiary/aromatic N) is 5. The van der Waals surface area contributed by atoms with Gasteiger partial charge in [-0.1, -0.05) is 90.9 Å². The minimum absolute atomic E-state index is 0.326. The van der Waals surface area contributed by atoms with Crippen LogP contribution in [0.1, 0.15) is 101 Å². The quantitative estimate of drug-likeness (QED) is 0.165.